The van der Waals surface area contributed by atoms with E-state index in [9.17, 15) is 10.2 Å². The number of rotatable bonds is 5. The summed E-state index contributed by atoms with van der Waals surface area (Å²) in [4.78, 5) is 0. The Kier molecular flexibility index (Phi) is 4.67. The van der Waals surface area contributed by atoms with E-state index in [1.165, 1.54) is 7.11 Å². The van der Waals surface area contributed by atoms with Gasteiger partial charge >= 0.3 is 0 Å². The molecular weight excluding hydrogens is 264 g/mol. The van der Waals surface area contributed by atoms with Crippen molar-refractivity contribution in [3.63, 3.8) is 0 Å². The highest BCUT2D eigenvalue weighted by Gasteiger charge is 2.08. The molecule has 0 aromatic heterocycles. The third-order valence-corrected chi connectivity index (χ3v) is 3.23. The van der Waals surface area contributed by atoms with Crippen LogP contribution in [0.25, 0.3) is 6.08 Å². The van der Waals surface area contributed by atoms with Crippen molar-refractivity contribution in [2.45, 2.75) is 5.92 Å². The minimum Gasteiger partial charge on any atom is -0.508 e. The molecule has 2 rings (SSSR count). The first kappa shape index (κ1) is 14.7. The van der Waals surface area contributed by atoms with Crippen molar-refractivity contribution in [1.82, 2.24) is 0 Å². The molecule has 0 radical (unpaired) electrons. The molecule has 0 spiro atoms. The van der Waals surface area contributed by atoms with Gasteiger partial charge in [0.2, 0.25) is 0 Å². The van der Waals surface area contributed by atoms with E-state index in [0.29, 0.717) is 5.75 Å². The largest absolute Gasteiger partial charge is 0.508 e. The van der Waals surface area contributed by atoms with E-state index in [-0.39, 0.29) is 17.4 Å². The molecule has 0 saturated carbocycles. The molecule has 0 aliphatic rings. The lowest BCUT2D eigenvalue weighted by atomic mass is 9.97. The Morgan fingerprint density at radius 1 is 1.10 bits per heavy atom. The predicted octanol–water partition coefficient (Wildman–Crippen LogP) is 4.09. The Hall–Kier alpha value is -2.68. The summed E-state index contributed by atoms with van der Waals surface area (Å²) in [6.07, 6.45) is 5.74. The highest BCUT2D eigenvalue weighted by atomic mass is 16.5. The van der Waals surface area contributed by atoms with Crippen molar-refractivity contribution in [1.29, 1.82) is 0 Å². The normalized spacial score (nSPS) is 12.2. The topological polar surface area (TPSA) is 49.7 Å². The summed E-state index contributed by atoms with van der Waals surface area (Å²) < 4.78 is 5.04. The van der Waals surface area contributed by atoms with E-state index >= 15 is 0 Å². The predicted molar refractivity (Wildman–Crippen MR) is 84.7 cm³/mol. The first-order valence-electron chi connectivity index (χ1n) is 6.60. The minimum absolute atomic E-state index is 0.0180. The SMILES string of the molecule is C=C[C@H](/C=C\c1ccc(O)cc1)c1ccc(OC)c(O)c1. The standard InChI is InChI=1S/C18H18O3/c1-3-14(7-4-13-5-9-16(19)10-6-13)15-8-11-18(21-2)17(20)12-15/h3-12,14,19-20H,1H2,2H3/b7-4-/t14-/m1/s1. The maximum absolute atomic E-state index is 9.84. The van der Waals surface area contributed by atoms with Crippen LogP contribution in [0.3, 0.4) is 0 Å². The van der Waals surface area contributed by atoms with Gasteiger partial charge in [-0.3, -0.25) is 0 Å². The second kappa shape index (κ2) is 6.66. The fraction of sp³-hybridized carbons (Fsp3) is 0.111. The van der Waals surface area contributed by atoms with Crippen LogP contribution in [0.2, 0.25) is 0 Å². The lowest BCUT2D eigenvalue weighted by molar-refractivity contribution is 0.373. The maximum atomic E-state index is 9.84. The summed E-state index contributed by atoms with van der Waals surface area (Å²) in [6.45, 7) is 3.83. The number of aromatic hydroxyl groups is 2. The average molecular weight is 282 g/mol. The van der Waals surface area contributed by atoms with E-state index in [1.807, 2.05) is 30.4 Å². The van der Waals surface area contributed by atoms with Crippen molar-refractivity contribution in [2.24, 2.45) is 0 Å². The Balaban J connectivity index is 2.21. The van der Waals surface area contributed by atoms with E-state index in [4.69, 9.17) is 4.74 Å². The second-order valence-corrected chi connectivity index (χ2v) is 4.64. The number of benzene rings is 2. The molecule has 2 N–H and O–H groups in total. The quantitative estimate of drug-likeness (QED) is 0.812. The van der Waals surface area contributed by atoms with Crippen LogP contribution in [-0.2, 0) is 0 Å². The van der Waals surface area contributed by atoms with Gasteiger partial charge in [0.15, 0.2) is 11.5 Å². The van der Waals surface area contributed by atoms with Crippen LogP contribution in [0.5, 0.6) is 17.2 Å². The van der Waals surface area contributed by atoms with Crippen molar-refractivity contribution in [3.8, 4) is 17.2 Å². The highest BCUT2D eigenvalue weighted by Crippen LogP contribution is 2.30. The van der Waals surface area contributed by atoms with E-state index in [1.54, 1.807) is 30.3 Å². The molecule has 0 saturated heterocycles. The highest BCUT2D eigenvalue weighted by molar-refractivity contribution is 5.53. The van der Waals surface area contributed by atoms with E-state index in [0.717, 1.165) is 11.1 Å². The first-order valence-corrected chi connectivity index (χ1v) is 6.60. The van der Waals surface area contributed by atoms with Crippen molar-refractivity contribution >= 4 is 6.08 Å². The molecular formula is C18H18O3. The number of phenolic OH excluding ortho intramolecular Hbond substituents is 2. The smallest absolute Gasteiger partial charge is 0.160 e. The van der Waals surface area contributed by atoms with Gasteiger partial charge in [0.1, 0.15) is 5.75 Å². The monoisotopic (exact) mass is 282 g/mol. The Morgan fingerprint density at radius 2 is 1.81 bits per heavy atom. The third-order valence-electron chi connectivity index (χ3n) is 3.23. The molecule has 0 bridgehead atoms. The molecule has 0 fully saturated rings. The molecule has 1 atom stereocenters. The number of allylic oxidation sites excluding steroid dienone is 2. The molecule has 0 heterocycles. The van der Waals surface area contributed by atoms with Gasteiger partial charge in [0.25, 0.3) is 0 Å². The number of ether oxygens (including phenoxy) is 1. The van der Waals surface area contributed by atoms with Crippen molar-refractivity contribution in [2.75, 3.05) is 7.11 Å². The lowest BCUT2D eigenvalue weighted by Gasteiger charge is -2.10. The van der Waals surface area contributed by atoms with Gasteiger partial charge in [-0.1, -0.05) is 36.4 Å². The molecule has 3 heteroatoms. The zero-order chi connectivity index (χ0) is 15.2. The first-order chi connectivity index (χ1) is 10.1. The van der Waals surface area contributed by atoms with Crippen LogP contribution in [-0.4, -0.2) is 17.3 Å². The number of phenols is 2. The van der Waals surface area contributed by atoms with Crippen molar-refractivity contribution in [3.05, 3.63) is 72.3 Å². The van der Waals surface area contributed by atoms with Crippen LogP contribution in [0.1, 0.15) is 17.0 Å². The average Bonchev–Trinajstić information content (AvgIpc) is 2.50. The number of hydrogen-bond acceptors (Lipinski definition) is 3. The summed E-state index contributed by atoms with van der Waals surface area (Å²) in [5.74, 6) is 0.784. The Labute approximate surface area is 124 Å². The summed E-state index contributed by atoms with van der Waals surface area (Å²) in [6, 6.07) is 12.2. The summed E-state index contributed by atoms with van der Waals surface area (Å²) in [5.41, 5.74) is 1.91. The van der Waals surface area contributed by atoms with Gasteiger partial charge in [-0.25, -0.2) is 0 Å². The van der Waals surface area contributed by atoms with Crippen molar-refractivity contribution < 1.29 is 14.9 Å². The Bertz CT molecular complexity index is 642. The molecule has 108 valence electrons. The summed E-state index contributed by atoms with van der Waals surface area (Å²) in [5, 5.41) is 19.1. The summed E-state index contributed by atoms with van der Waals surface area (Å²) in [7, 11) is 1.52. The zero-order valence-electron chi connectivity index (χ0n) is 11.9. The van der Waals surface area contributed by atoms with Crippen LogP contribution in [0.4, 0.5) is 0 Å². The maximum Gasteiger partial charge on any atom is 0.160 e. The second-order valence-electron chi connectivity index (χ2n) is 4.64. The fourth-order valence-electron chi connectivity index (χ4n) is 2.04. The van der Waals surface area contributed by atoms with Crippen LogP contribution < -0.4 is 4.74 Å². The van der Waals surface area contributed by atoms with Crippen LogP contribution in [0.15, 0.2) is 61.2 Å². The minimum atomic E-state index is -0.0180. The molecule has 0 amide bonds. The zero-order valence-corrected chi connectivity index (χ0v) is 11.9. The lowest BCUT2D eigenvalue weighted by Crippen LogP contribution is -1.92. The molecule has 0 unspecified atom stereocenters. The molecule has 2 aromatic carbocycles. The molecule has 21 heavy (non-hydrogen) atoms. The van der Waals surface area contributed by atoms with Crippen LogP contribution >= 0.6 is 0 Å². The molecule has 0 aliphatic carbocycles. The van der Waals surface area contributed by atoms with Gasteiger partial charge in [-0.2, -0.15) is 0 Å². The number of methoxy groups -OCH3 is 1. The van der Waals surface area contributed by atoms with Crippen LogP contribution in [0, 0.1) is 0 Å². The molecule has 3 nitrogen and oxygen atoms in total. The molecule has 0 aliphatic heterocycles. The molecule has 2 aromatic rings. The van der Waals surface area contributed by atoms with Gasteiger partial charge in [-0.15, -0.1) is 6.58 Å². The fourth-order valence-corrected chi connectivity index (χ4v) is 2.04. The third kappa shape index (κ3) is 3.66. The van der Waals surface area contributed by atoms with Gasteiger partial charge in [0, 0.05) is 5.92 Å². The van der Waals surface area contributed by atoms with Gasteiger partial charge in [0.05, 0.1) is 7.11 Å². The number of hydrogen-bond donors (Lipinski definition) is 2. The van der Waals surface area contributed by atoms with E-state index < -0.39 is 0 Å². The van der Waals surface area contributed by atoms with Gasteiger partial charge < -0.3 is 14.9 Å². The Morgan fingerprint density at radius 3 is 2.38 bits per heavy atom. The van der Waals surface area contributed by atoms with E-state index in [2.05, 4.69) is 6.58 Å². The summed E-state index contributed by atoms with van der Waals surface area (Å²) >= 11 is 0. The van der Waals surface area contributed by atoms with Gasteiger partial charge in [-0.05, 0) is 35.4 Å².